The normalized spacial score (nSPS) is 13.6. The molecular weight excluding hydrogens is 229 g/mol. The van der Waals surface area contributed by atoms with E-state index in [2.05, 4.69) is 23.5 Å². The summed E-state index contributed by atoms with van der Waals surface area (Å²) in [5, 5.41) is 8.08. The Bertz CT molecular complexity index is 501. The van der Waals surface area contributed by atoms with Crippen LogP contribution >= 0.6 is 0 Å². The molecule has 0 aliphatic rings. The molecule has 0 unspecified atom stereocenters. The van der Waals surface area contributed by atoms with Gasteiger partial charge in [-0.05, 0) is 32.9 Å². The van der Waals surface area contributed by atoms with Gasteiger partial charge in [-0.1, -0.05) is 30.5 Å². The third kappa shape index (κ3) is 3.52. The van der Waals surface area contributed by atoms with Gasteiger partial charge in [0.05, 0.1) is 11.7 Å². The Labute approximate surface area is 107 Å². The molecule has 1 rings (SSSR count). The molecule has 3 nitrogen and oxygen atoms in total. The van der Waals surface area contributed by atoms with Crippen molar-refractivity contribution in [3.05, 3.63) is 55.2 Å². The highest BCUT2D eigenvalue weighted by Gasteiger charge is 2.16. The average Bonchev–Trinajstić information content (AvgIpc) is 2.77. The lowest BCUT2D eigenvalue weighted by atomic mass is 10.1. The maximum atomic E-state index is 13.2. The predicted molar refractivity (Wildman–Crippen MR) is 72.6 cm³/mol. The number of halogens is 1. The third-order valence-corrected chi connectivity index (χ3v) is 2.26. The van der Waals surface area contributed by atoms with Crippen molar-refractivity contribution in [2.45, 2.75) is 26.3 Å². The molecule has 0 saturated heterocycles. The number of aromatic nitrogens is 3. The fourth-order valence-electron chi connectivity index (χ4n) is 1.27. The largest absolute Gasteiger partial charge is 0.247 e. The van der Waals surface area contributed by atoms with Gasteiger partial charge in [0.2, 0.25) is 0 Å². The molecule has 1 aromatic heterocycles. The summed E-state index contributed by atoms with van der Waals surface area (Å²) in [6.45, 7) is 13.0. The van der Waals surface area contributed by atoms with E-state index in [1.807, 2.05) is 20.8 Å². The maximum absolute atomic E-state index is 13.2. The van der Waals surface area contributed by atoms with Gasteiger partial charge < -0.3 is 0 Å². The van der Waals surface area contributed by atoms with E-state index < -0.39 is 5.83 Å². The molecule has 18 heavy (non-hydrogen) atoms. The van der Waals surface area contributed by atoms with Gasteiger partial charge in [0.25, 0.3) is 0 Å². The summed E-state index contributed by atoms with van der Waals surface area (Å²) in [6.07, 6.45) is 7.54. The van der Waals surface area contributed by atoms with E-state index in [0.29, 0.717) is 11.3 Å². The zero-order chi connectivity index (χ0) is 13.8. The minimum atomic E-state index is -0.423. The van der Waals surface area contributed by atoms with Gasteiger partial charge in [-0.3, -0.25) is 0 Å². The first kappa shape index (κ1) is 14.1. The first-order chi connectivity index (χ1) is 8.38. The van der Waals surface area contributed by atoms with Crippen LogP contribution in [0.3, 0.4) is 0 Å². The smallest absolute Gasteiger partial charge is 0.123 e. The molecule has 0 saturated carbocycles. The molecule has 96 valence electrons. The van der Waals surface area contributed by atoms with E-state index in [-0.39, 0.29) is 5.54 Å². The minimum absolute atomic E-state index is 0.161. The van der Waals surface area contributed by atoms with E-state index in [0.717, 1.165) is 6.08 Å². The van der Waals surface area contributed by atoms with E-state index >= 15 is 0 Å². The van der Waals surface area contributed by atoms with Crippen molar-refractivity contribution >= 4 is 5.57 Å². The highest BCUT2D eigenvalue weighted by atomic mass is 19.1. The second-order valence-corrected chi connectivity index (χ2v) is 4.81. The fourth-order valence-corrected chi connectivity index (χ4v) is 1.27. The van der Waals surface area contributed by atoms with E-state index in [1.165, 1.54) is 6.08 Å². The van der Waals surface area contributed by atoms with Crippen LogP contribution in [0.25, 0.3) is 5.57 Å². The van der Waals surface area contributed by atoms with Crippen molar-refractivity contribution in [2.24, 2.45) is 0 Å². The van der Waals surface area contributed by atoms with Crippen LogP contribution in [0.5, 0.6) is 0 Å². The predicted octanol–water partition coefficient (Wildman–Crippen LogP) is 3.64. The summed E-state index contributed by atoms with van der Waals surface area (Å²) in [5.41, 5.74) is 1.05. The quantitative estimate of drug-likeness (QED) is 0.760. The van der Waals surface area contributed by atoms with Crippen LogP contribution in [0.1, 0.15) is 26.5 Å². The van der Waals surface area contributed by atoms with Crippen molar-refractivity contribution in [1.29, 1.82) is 0 Å². The summed E-state index contributed by atoms with van der Waals surface area (Å²) >= 11 is 0. The van der Waals surface area contributed by atoms with E-state index in [4.69, 9.17) is 0 Å². The van der Waals surface area contributed by atoms with Crippen LogP contribution < -0.4 is 0 Å². The van der Waals surface area contributed by atoms with Gasteiger partial charge in [0.1, 0.15) is 11.5 Å². The van der Waals surface area contributed by atoms with Gasteiger partial charge >= 0.3 is 0 Å². The van der Waals surface area contributed by atoms with Crippen LogP contribution in [0.2, 0.25) is 0 Å². The Hall–Kier alpha value is -1.97. The fraction of sp³-hybridized carbons (Fsp3) is 0.286. The Morgan fingerprint density at radius 2 is 2.06 bits per heavy atom. The SMILES string of the molecule is C=C/C=C(\C=C(\F)C=C)c1cn(C(C)(C)C)nn1. The molecule has 0 fully saturated rings. The topological polar surface area (TPSA) is 30.7 Å². The monoisotopic (exact) mass is 247 g/mol. The Kier molecular flexibility index (Phi) is 4.37. The Balaban J connectivity index is 3.17. The van der Waals surface area contributed by atoms with Gasteiger partial charge in [-0.2, -0.15) is 0 Å². The van der Waals surface area contributed by atoms with Crippen molar-refractivity contribution in [1.82, 2.24) is 15.0 Å². The van der Waals surface area contributed by atoms with Crippen LogP contribution in [0, 0.1) is 0 Å². The second-order valence-electron chi connectivity index (χ2n) is 4.81. The number of nitrogens with zero attached hydrogens (tertiary/aromatic N) is 3. The molecule has 1 aromatic rings. The van der Waals surface area contributed by atoms with E-state index in [1.54, 1.807) is 23.0 Å². The molecule has 0 bridgehead atoms. The highest BCUT2D eigenvalue weighted by molar-refractivity contribution is 5.73. The van der Waals surface area contributed by atoms with Crippen LogP contribution in [-0.2, 0) is 5.54 Å². The molecule has 4 heteroatoms. The summed E-state index contributed by atoms with van der Waals surface area (Å²) in [6, 6.07) is 0. The van der Waals surface area contributed by atoms with Gasteiger partial charge in [0, 0.05) is 5.57 Å². The second kappa shape index (κ2) is 5.58. The standard InChI is InChI=1S/C14H18FN3/c1-6-8-11(9-12(15)7-2)13-10-18(17-16-13)14(3,4)5/h6-10H,1-2H2,3-5H3/b11-8+,12-9+. The summed E-state index contributed by atoms with van der Waals surface area (Å²) in [5.74, 6) is -0.423. The summed E-state index contributed by atoms with van der Waals surface area (Å²) in [7, 11) is 0. The number of allylic oxidation sites excluding steroid dienone is 6. The zero-order valence-electron chi connectivity index (χ0n) is 11.0. The molecule has 0 radical (unpaired) electrons. The number of hydrogen-bond donors (Lipinski definition) is 0. The van der Waals surface area contributed by atoms with Crippen molar-refractivity contribution in [3.8, 4) is 0 Å². The Morgan fingerprint density at radius 1 is 1.39 bits per heavy atom. The lowest BCUT2D eigenvalue weighted by Gasteiger charge is -2.17. The van der Waals surface area contributed by atoms with Gasteiger partial charge in [-0.25, -0.2) is 9.07 Å². The number of hydrogen-bond acceptors (Lipinski definition) is 2. The molecule has 0 atom stereocenters. The number of rotatable bonds is 4. The lowest BCUT2D eigenvalue weighted by molar-refractivity contribution is 0.347. The average molecular weight is 247 g/mol. The first-order valence-electron chi connectivity index (χ1n) is 5.64. The maximum Gasteiger partial charge on any atom is 0.123 e. The van der Waals surface area contributed by atoms with Crippen molar-refractivity contribution in [3.63, 3.8) is 0 Å². The molecule has 0 spiro atoms. The minimum Gasteiger partial charge on any atom is -0.247 e. The first-order valence-corrected chi connectivity index (χ1v) is 5.64. The lowest BCUT2D eigenvalue weighted by Crippen LogP contribution is -2.22. The van der Waals surface area contributed by atoms with Crippen LogP contribution in [-0.4, -0.2) is 15.0 Å². The van der Waals surface area contributed by atoms with Crippen LogP contribution in [0.4, 0.5) is 4.39 Å². The van der Waals surface area contributed by atoms with E-state index in [9.17, 15) is 4.39 Å². The molecule has 0 N–H and O–H groups in total. The molecule has 0 aliphatic heterocycles. The zero-order valence-corrected chi connectivity index (χ0v) is 11.0. The van der Waals surface area contributed by atoms with Gasteiger partial charge in [0.15, 0.2) is 0 Å². The summed E-state index contributed by atoms with van der Waals surface area (Å²) in [4.78, 5) is 0. The highest BCUT2D eigenvalue weighted by Crippen LogP contribution is 2.19. The molecule has 0 aliphatic carbocycles. The summed E-state index contributed by atoms with van der Waals surface area (Å²) < 4.78 is 15.0. The molecule has 0 aromatic carbocycles. The van der Waals surface area contributed by atoms with Gasteiger partial charge in [-0.15, -0.1) is 5.10 Å². The van der Waals surface area contributed by atoms with Crippen molar-refractivity contribution in [2.75, 3.05) is 0 Å². The Morgan fingerprint density at radius 3 is 2.50 bits per heavy atom. The molecule has 1 heterocycles. The molecule has 0 amide bonds. The molecular formula is C14H18FN3. The van der Waals surface area contributed by atoms with Crippen molar-refractivity contribution < 1.29 is 4.39 Å². The third-order valence-electron chi connectivity index (χ3n) is 2.26. The van der Waals surface area contributed by atoms with Crippen LogP contribution in [0.15, 0.2) is 49.5 Å².